The average molecular weight is 267 g/mol. The summed E-state index contributed by atoms with van der Waals surface area (Å²) in [4.78, 5) is 0. The van der Waals surface area contributed by atoms with Crippen molar-refractivity contribution in [1.29, 1.82) is 0 Å². The summed E-state index contributed by atoms with van der Waals surface area (Å²) in [5.74, 6) is 1.08. The minimum Gasteiger partial charge on any atom is -0.496 e. The van der Waals surface area contributed by atoms with Crippen LogP contribution in [0.3, 0.4) is 0 Å². The Morgan fingerprint density at radius 1 is 1.15 bits per heavy atom. The van der Waals surface area contributed by atoms with E-state index in [2.05, 4.69) is 60.8 Å². The third-order valence-electron chi connectivity index (χ3n) is 3.76. The van der Waals surface area contributed by atoms with Gasteiger partial charge in [-0.05, 0) is 47.9 Å². The molecule has 1 unspecified atom stereocenters. The predicted octanol–water partition coefficient (Wildman–Crippen LogP) is 4.18. The molecular weight excluding hydrogens is 246 g/mol. The summed E-state index contributed by atoms with van der Waals surface area (Å²) in [7, 11) is 0. The van der Waals surface area contributed by atoms with Gasteiger partial charge < -0.3 is 10.1 Å². The van der Waals surface area contributed by atoms with Gasteiger partial charge in [-0.2, -0.15) is 0 Å². The maximum atomic E-state index is 5.86. The second-order valence-electron chi connectivity index (χ2n) is 5.19. The van der Waals surface area contributed by atoms with E-state index in [-0.39, 0.29) is 6.04 Å². The van der Waals surface area contributed by atoms with E-state index in [4.69, 9.17) is 4.74 Å². The monoisotopic (exact) mass is 267 g/mol. The van der Waals surface area contributed by atoms with Gasteiger partial charge in [0, 0.05) is 0 Å². The standard InChI is InChI=1S/C18H21NO/c1-2-19-18(17-9-5-6-12-20-17)16-11-10-14-7-3-4-8-15(14)13-16/h3-4,7-11,13,18-19H,2,5-6,12H2,1H3. The fraction of sp³-hybridized carbons (Fsp3) is 0.333. The first-order valence-electron chi connectivity index (χ1n) is 7.43. The maximum absolute atomic E-state index is 5.86. The molecule has 2 aromatic carbocycles. The Kier molecular flexibility index (Phi) is 4.03. The minimum atomic E-state index is 0.171. The smallest absolute Gasteiger partial charge is 0.113 e. The predicted molar refractivity (Wildman–Crippen MR) is 83.6 cm³/mol. The van der Waals surface area contributed by atoms with E-state index in [1.807, 2.05) is 0 Å². The van der Waals surface area contributed by atoms with Gasteiger partial charge in [0.1, 0.15) is 5.76 Å². The van der Waals surface area contributed by atoms with Crippen LogP contribution in [0.5, 0.6) is 0 Å². The van der Waals surface area contributed by atoms with E-state index in [0.29, 0.717) is 0 Å². The number of allylic oxidation sites excluding steroid dienone is 1. The molecular formula is C18H21NO. The highest BCUT2D eigenvalue weighted by Crippen LogP contribution is 2.28. The Morgan fingerprint density at radius 3 is 2.75 bits per heavy atom. The number of hydrogen-bond donors (Lipinski definition) is 1. The molecule has 0 amide bonds. The van der Waals surface area contributed by atoms with E-state index >= 15 is 0 Å². The number of nitrogens with one attached hydrogen (secondary N) is 1. The van der Waals surface area contributed by atoms with Crippen molar-refractivity contribution in [2.75, 3.05) is 13.2 Å². The number of likely N-dealkylation sites (N-methyl/N-ethyl adjacent to an activating group) is 1. The molecule has 2 heteroatoms. The molecule has 3 rings (SSSR count). The van der Waals surface area contributed by atoms with Crippen LogP contribution in [0.1, 0.15) is 31.4 Å². The molecule has 1 atom stereocenters. The Bertz CT molecular complexity index is 618. The third-order valence-corrected chi connectivity index (χ3v) is 3.76. The van der Waals surface area contributed by atoms with E-state index < -0.39 is 0 Å². The Morgan fingerprint density at radius 2 is 2.00 bits per heavy atom. The second kappa shape index (κ2) is 6.10. The van der Waals surface area contributed by atoms with E-state index in [1.165, 1.54) is 16.3 Å². The van der Waals surface area contributed by atoms with Crippen molar-refractivity contribution in [3.8, 4) is 0 Å². The SMILES string of the molecule is CCNC(C1=CCCCO1)c1ccc2ccccc2c1. The van der Waals surface area contributed by atoms with Crippen molar-refractivity contribution in [3.63, 3.8) is 0 Å². The van der Waals surface area contributed by atoms with Crippen LogP contribution < -0.4 is 5.32 Å². The second-order valence-corrected chi connectivity index (χ2v) is 5.19. The fourth-order valence-electron chi connectivity index (χ4n) is 2.75. The first-order chi connectivity index (χ1) is 9.88. The molecule has 0 aliphatic carbocycles. The van der Waals surface area contributed by atoms with Crippen LogP contribution in [0.15, 0.2) is 54.3 Å². The van der Waals surface area contributed by atoms with Gasteiger partial charge in [0.05, 0.1) is 12.6 Å². The molecule has 0 spiro atoms. The highest BCUT2D eigenvalue weighted by Gasteiger charge is 2.19. The van der Waals surface area contributed by atoms with Crippen LogP contribution in [-0.4, -0.2) is 13.2 Å². The van der Waals surface area contributed by atoms with Crippen LogP contribution in [-0.2, 0) is 4.74 Å². The van der Waals surface area contributed by atoms with Crippen molar-refractivity contribution in [1.82, 2.24) is 5.32 Å². The quantitative estimate of drug-likeness (QED) is 0.897. The van der Waals surface area contributed by atoms with Gasteiger partial charge in [0.15, 0.2) is 0 Å². The summed E-state index contributed by atoms with van der Waals surface area (Å²) in [5.41, 5.74) is 1.28. The molecule has 1 N–H and O–H groups in total. The van der Waals surface area contributed by atoms with Crippen molar-refractivity contribution in [2.45, 2.75) is 25.8 Å². The molecule has 2 nitrogen and oxygen atoms in total. The molecule has 2 aromatic rings. The molecule has 0 radical (unpaired) electrons. The van der Waals surface area contributed by atoms with Crippen molar-refractivity contribution in [2.24, 2.45) is 0 Å². The minimum absolute atomic E-state index is 0.171. The third kappa shape index (κ3) is 2.70. The van der Waals surface area contributed by atoms with Gasteiger partial charge in [0.2, 0.25) is 0 Å². The van der Waals surface area contributed by atoms with Crippen molar-refractivity contribution in [3.05, 3.63) is 59.9 Å². The van der Waals surface area contributed by atoms with Gasteiger partial charge in [0.25, 0.3) is 0 Å². The first-order valence-corrected chi connectivity index (χ1v) is 7.43. The summed E-state index contributed by atoms with van der Waals surface area (Å²) in [6.45, 7) is 3.90. The lowest BCUT2D eigenvalue weighted by Gasteiger charge is -2.25. The molecule has 0 aromatic heterocycles. The zero-order valence-corrected chi connectivity index (χ0v) is 11.9. The molecule has 1 aliphatic heterocycles. The summed E-state index contributed by atoms with van der Waals surface area (Å²) in [5, 5.41) is 6.10. The number of rotatable bonds is 4. The summed E-state index contributed by atoms with van der Waals surface area (Å²) < 4.78 is 5.86. The number of benzene rings is 2. The molecule has 104 valence electrons. The van der Waals surface area contributed by atoms with Gasteiger partial charge in [-0.1, -0.05) is 43.3 Å². The van der Waals surface area contributed by atoms with Gasteiger partial charge in [-0.25, -0.2) is 0 Å². The molecule has 20 heavy (non-hydrogen) atoms. The summed E-state index contributed by atoms with van der Waals surface area (Å²) in [6, 6.07) is 15.3. The molecule has 0 bridgehead atoms. The Balaban J connectivity index is 1.97. The number of fused-ring (bicyclic) bond motifs is 1. The zero-order valence-electron chi connectivity index (χ0n) is 11.9. The van der Waals surface area contributed by atoms with Crippen LogP contribution in [0.25, 0.3) is 10.8 Å². The van der Waals surface area contributed by atoms with E-state index in [1.54, 1.807) is 0 Å². The van der Waals surface area contributed by atoms with Crippen LogP contribution >= 0.6 is 0 Å². The number of ether oxygens (including phenoxy) is 1. The molecule has 0 fully saturated rings. The summed E-state index contributed by atoms with van der Waals surface area (Å²) >= 11 is 0. The van der Waals surface area contributed by atoms with Crippen molar-refractivity contribution < 1.29 is 4.74 Å². The van der Waals surface area contributed by atoms with Crippen LogP contribution in [0.2, 0.25) is 0 Å². The Hall–Kier alpha value is -1.80. The van der Waals surface area contributed by atoms with Crippen molar-refractivity contribution >= 4 is 10.8 Å². The normalized spacial score (nSPS) is 16.6. The number of hydrogen-bond acceptors (Lipinski definition) is 2. The topological polar surface area (TPSA) is 21.3 Å². The first kappa shape index (κ1) is 13.2. The Labute approximate surface area is 120 Å². The highest BCUT2D eigenvalue weighted by atomic mass is 16.5. The van der Waals surface area contributed by atoms with E-state index in [9.17, 15) is 0 Å². The van der Waals surface area contributed by atoms with Gasteiger partial charge >= 0.3 is 0 Å². The van der Waals surface area contributed by atoms with Crippen LogP contribution in [0.4, 0.5) is 0 Å². The lowest BCUT2D eigenvalue weighted by atomic mass is 9.99. The van der Waals surface area contributed by atoms with Gasteiger partial charge in [-0.3, -0.25) is 0 Å². The van der Waals surface area contributed by atoms with E-state index in [0.717, 1.165) is 31.8 Å². The molecule has 0 saturated carbocycles. The maximum Gasteiger partial charge on any atom is 0.113 e. The summed E-state index contributed by atoms with van der Waals surface area (Å²) in [6.07, 6.45) is 4.47. The molecule has 1 heterocycles. The lowest BCUT2D eigenvalue weighted by molar-refractivity contribution is 0.168. The largest absolute Gasteiger partial charge is 0.496 e. The lowest BCUT2D eigenvalue weighted by Crippen LogP contribution is -2.25. The average Bonchev–Trinajstić information content (AvgIpc) is 2.53. The zero-order chi connectivity index (χ0) is 13.8. The fourth-order valence-corrected chi connectivity index (χ4v) is 2.75. The van der Waals surface area contributed by atoms with Crippen LogP contribution in [0, 0.1) is 0 Å². The highest BCUT2D eigenvalue weighted by molar-refractivity contribution is 5.83. The van der Waals surface area contributed by atoms with Gasteiger partial charge in [-0.15, -0.1) is 0 Å². The molecule has 1 aliphatic rings. The molecule has 0 saturated heterocycles.